The largest absolute Gasteiger partial charge is 0.378 e. The molecule has 0 spiro atoms. The Balaban J connectivity index is 1.89. The van der Waals surface area contributed by atoms with Crippen LogP contribution in [-0.2, 0) is 0 Å². The number of rotatable bonds is 4. The predicted octanol–water partition coefficient (Wildman–Crippen LogP) is 4.85. The van der Waals surface area contributed by atoms with E-state index in [2.05, 4.69) is 11.4 Å². The maximum atomic E-state index is 12.6. The monoisotopic (exact) mass is 355 g/mol. The highest BCUT2D eigenvalue weighted by Gasteiger charge is 2.10. The van der Waals surface area contributed by atoms with E-state index in [-0.39, 0.29) is 5.91 Å². The molecule has 4 heteroatoms. The summed E-state index contributed by atoms with van der Waals surface area (Å²) in [4.78, 5) is 14.6. The van der Waals surface area contributed by atoms with Crippen molar-refractivity contribution >= 4 is 17.3 Å². The zero-order valence-electron chi connectivity index (χ0n) is 15.7. The van der Waals surface area contributed by atoms with Crippen LogP contribution in [0.3, 0.4) is 0 Å². The SMILES string of the molecule is Cc1ccc(NC(=O)c2cccc(N(C)C)c2)cc1-c1cccc(C#N)c1. The van der Waals surface area contributed by atoms with Crippen LogP contribution in [0.4, 0.5) is 11.4 Å². The highest BCUT2D eigenvalue weighted by molar-refractivity contribution is 6.05. The third-order valence-electron chi connectivity index (χ3n) is 4.42. The number of aryl methyl sites for hydroxylation is 1. The lowest BCUT2D eigenvalue weighted by Gasteiger charge is -2.14. The van der Waals surface area contributed by atoms with Gasteiger partial charge in [0.25, 0.3) is 5.91 Å². The Morgan fingerprint density at radius 2 is 1.78 bits per heavy atom. The first kappa shape index (κ1) is 18.2. The number of hydrogen-bond donors (Lipinski definition) is 1. The first-order valence-corrected chi connectivity index (χ1v) is 8.68. The van der Waals surface area contributed by atoms with Gasteiger partial charge in [-0.05, 0) is 66.1 Å². The van der Waals surface area contributed by atoms with Gasteiger partial charge in [-0.3, -0.25) is 4.79 Å². The third kappa shape index (κ3) is 4.16. The quantitative estimate of drug-likeness (QED) is 0.728. The van der Waals surface area contributed by atoms with E-state index in [0.717, 1.165) is 28.1 Å². The lowest BCUT2D eigenvalue weighted by atomic mass is 9.98. The zero-order chi connectivity index (χ0) is 19.4. The van der Waals surface area contributed by atoms with Crippen molar-refractivity contribution in [1.82, 2.24) is 0 Å². The maximum absolute atomic E-state index is 12.6. The van der Waals surface area contributed by atoms with Crippen molar-refractivity contribution in [3.05, 3.63) is 83.4 Å². The van der Waals surface area contributed by atoms with Crippen LogP contribution < -0.4 is 10.2 Å². The number of anilines is 2. The van der Waals surface area contributed by atoms with Crippen molar-refractivity contribution < 1.29 is 4.79 Å². The molecule has 0 aliphatic carbocycles. The number of carbonyl (C=O) groups is 1. The van der Waals surface area contributed by atoms with Gasteiger partial charge in [0.2, 0.25) is 0 Å². The first-order chi connectivity index (χ1) is 13.0. The average molecular weight is 355 g/mol. The van der Waals surface area contributed by atoms with Crippen molar-refractivity contribution in [1.29, 1.82) is 5.26 Å². The molecule has 27 heavy (non-hydrogen) atoms. The van der Waals surface area contributed by atoms with Crippen LogP contribution in [-0.4, -0.2) is 20.0 Å². The fraction of sp³-hybridized carbons (Fsp3) is 0.130. The number of nitriles is 1. The standard InChI is InChI=1S/C23H21N3O/c1-16-10-11-20(14-22(16)18-7-4-6-17(12-18)15-24)25-23(27)19-8-5-9-21(13-19)26(2)3/h4-14H,1-3H3,(H,25,27). The Kier molecular flexibility index (Phi) is 5.23. The molecule has 0 radical (unpaired) electrons. The van der Waals surface area contributed by atoms with Crippen LogP contribution in [0, 0.1) is 18.3 Å². The summed E-state index contributed by atoms with van der Waals surface area (Å²) in [6, 6.07) is 22.9. The Morgan fingerprint density at radius 1 is 1.00 bits per heavy atom. The van der Waals surface area contributed by atoms with Crippen molar-refractivity contribution in [3.8, 4) is 17.2 Å². The second kappa shape index (κ2) is 7.76. The van der Waals surface area contributed by atoms with Crippen LogP contribution in [0.5, 0.6) is 0 Å². The van der Waals surface area contributed by atoms with E-state index in [9.17, 15) is 4.79 Å². The van der Waals surface area contributed by atoms with Gasteiger partial charge in [0.1, 0.15) is 0 Å². The zero-order valence-corrected chi connectivity index (χ0v) is 15.7. The van der Waals surface area contributed by atoms with Gasteiger partial charge in [-0.1, -0.05) is 24.3 Å². The third-order valence-corrected chi connectivity index (χ3v) is 4.42. The van der Waals surface area contributed by atoms with E-state index >= 15 is 0 Å². The molecule has 0 aromatic heterocycles. The summed E-state index contributed by atoms with van der Waals surface area (Å²) in [6.07, 6.45) is 0. The molecule has 0 saturated carbocycles. The minimum atomic E-state index is -0.153. The fourth-order valence-corrected chi connectivity index (χ4v) is 2.90. The molecule has 134 valence electrons. The summed E-state index contributed by atoms with van der Waals surface area (Å²) in [5, 5.41) is 12.1. The molecule has 0 aliphatic rings. The van der Waals surface area contributed by atoms with Gasteiger partial charge in [0.15, 0.2) is 0 Å². The molecule has 0 fully saturated rings. The summed E-state index contributed by atoms with van der Waals surface area (Å²) in [7, 11) is 3.89. The molecule has 4 nitrogen and oxygen atoms in total. The van der Waals surface area contributed by atoms with Crippen LogP contribution in [0.1, 0.15) is 21.5 Å². The molecule has 0 bridgehead atoms. The van der Waals surface area contributed by atoms with Crippen LogP contribution in [0.2, 0.25) is 0 Å². The lowest BCUT2D eigenvalue weighted by Crippen LogP contribution is -2.14. The highest BCUT2D eigenvalue weighted by atomic mass is 16.1. The number of amides is 1. The van der Waals surface area contributed by atoms with Crippen LogP contribution >= 0.6 is 0 Å². The van der Waals surface area contributed by atoms with Gasteiger partial charge < -0.3 is 10.2 Å². The van der Waals surface area contributed by atoms with Crippen LogP contribution in [0.25, 0.3) is 11.1 Å². The molecule has 3 aromatic rings. The Bertz CT molecular complexity index is 1030. The molecule has 0 unspecified atom stereocenters. The second-order valence-corrected chi connectivity index (χ2v) is 6.62. The Hall–Kier alpha value is -3.58. The normalized spacial score (nSPS) is 10.1. The summed E-state index contributed by atoms with van der Waals surface area (Å²) in [5.41, 5.74) is 5.94. The minimum Gasteiger partial charge on any atom is -0.378 e. The van der Waals surface area contributed by atoms with E-state index in [4.69, 9.17) is 5.26 Å². The van der Waals surface area contributed by atoms with Crippen molar-refractivity contribution in [2.75, 3.05) is 24.3 Å². The number of nitrogens with zero attached hydrogens (tertiary/aromatic N) is 2. The molecule has 1 amide bonds. The van der Waals surface area contributed by atoms with Gasteiger partial charge >= 0.3 is 0 Å². The Morgan fingerprint density at radius 3 is 2.52 bits per heavy atom. The molecular weight excluding hydrogens is 334 g/mol. The molecule has 3 rings (SSSR count). The molecular formula is C23H21N3O. The van der Waals surface area contributed by atoms with Gasteiger partial charge in [0, 0.05) is 31.0 Å². The highest BCUT2D eigenvalue weighted by Crippen LogP contribution is 2.27. The number of benzene rings is 3. The van der Waals surface area contributed by atoms with Crippen molar-refractivity contribution in [3.63, 3.8) is 0 Å². The van der Waals surface area contributed by atoms with Gasteiger partial charge in [0.05, 0.1) is 11.6 Å². The molecule has 0 atom stereocenters. The number of nitrogens with one attached hydrogen (secondary N) is 1. The molecule has 1 N–H and O–H groups in total. The van der Waals surface area contributed by atoms with E-state index in [1.165, 1.54) is 0 Å². The second-order valence-electron chi connectivity index (χ2n) is 6.62. The van der Waals surface area contributed by atoms with E-state index in [0.29, 0.717) is 11.1 Å². The Labute approximate surface area is 159 Å². The van der Waals surface area contributed by atoms with Crippen LogP contribution in [0.15, 0.2) is 66.7 Å². The van der Waals surface area contributed by atoms with Crippen molar-refractivity contribution in [2.24, 2.45) is 0 Å². The molecule has 3 aromatic carbocycles. The molecule has 0 saturated heterocycles. The summed E-state index contributed by atoms with van der Waals surface area (Å²) < 4.78 is 0. The van der Waals surface area contributed by atoms with Gasteiger partial charge in [-0.2, -0.15) is 5.26 Å². The first-order valence-electron chi connectivity index (χ1n) is 8.68. The van der Waals surface area contributed by atoms with Crippen molar-refractivity contribution in [2.45, 2.75) is 6.92 Å². The number of carbonyl (C=O) groups excluding carboxylic acids is 1. The summed E-state index contributed by atoms with van der Waals surface area (Å²) >= 11 is 0. The van der Waals surface area contributed by atoms with E-state index < -0.39 is 0 Å². The maximum Gasteiger partial charge on any atom is 0.255 e. The van der Waals surface area contributed by atoms with E-state index in [1.54, 1.807) is 12.1 Å². The number of hydrogen-bond acceptors (Lipinski definition) is 3. The average Bonchev–Trinajstić information content (AvgIpc) is 2.69. The van der Waals surface area contributed by atoms with Gasteiger partial charge in [-0.25, -0.2) is 0 Å². The smallest absolute Gasteiger partial charge is 0.255 e. The lowest BCUT2D eigenvalue weighted by molar-refractivity contribution is 0.102. The predicted molar refractivity (Wildman–Crippen MR) is 110 cm³/mol. The fourth-order valence-electron chi connectivity index (χ4n) is 2.90. The summed E-state index contributed by atoms with van der Waals surface area (Å²) in [6.45, 7) is 2.01. The van der Waals surface area contributed by atoms with E-state index in [1.807, 2.05) is 80.5 Å². The van der Waals surface area contributed by atoms with Gasteiger partial charge in [-0.15, -0.1) is 0 Å². The summed E-state index contributed by atoms with van der Waals surface area (Å²) in [5.74, 6) is -0.153. The molecule has 0 aliphatic heterocycles. The minimum absolute atomic E-state index is 0.153. The molecule has 0 heterocycles. The topological polar surface area (TPSA) is 56.1 Å².